The van der Waals surface area contributed by atoms with Crippen molar-refractivity contribution < 1.29 is 22.7 Å². The van der Waals surface area contributed by atoms with Gasteiger partial charge in [-0.15, -0.1) is 0 Å². The Hall–Kier alpha value is -1.02. The molecule has 20 heavy (non-hydrogen) atoms. The number of carbonyl (C=O) groups is 2. The van der Waals surface area contributed by atoms with E-state index in [2.05, 4.69) is 21.9 Å². The van der Waals surface area contributed by atoms with E-state index in [1.807, 2.05) is 5.16 Å². The van der Waals surface area contributed by atoms with Crippen molar-refractivity contribution >= 4 is 50.7 Å². The molecule has 2 rings (SSSR count). The normalized spacial score (nSPS) is 32.9. The van der Waals surface area contributed by atoms with E-state index in [4.69, 9.17) is 11.6 Å². The molecule has 0 unspecified atom stereocenters. The van der Waals surface area contributed by atoms with Gasteiger partial charge in [-0.1, -0.05) is 11.6 Å². The first-order chi connectivity index (χ1) is 9.21. The Bertz CT molecular complexity index is 626. The molecule has 2 aliphatic rings. The zero-order chi connectivity index (χ0) is 15.3. The summed E-state index contributed by atoms with van der Waals surface area (Å²) < 4.78 is 28.1. The molecule has 0 saturated carbocycles. The molecule has 0 aromatic heterocycles. The molecule has 0 N–H and O–H groups in total. The van der Waals surface area contributed by atoms with Crippen LogP contribution in [-0.2, 0) is 24.2 Å². The minimum Gasteiger partial charge on any atom is -0.448 e. The highest BCUT2D eigenvalue weighted by molar-refractivity contribution is 7.94. The summed E-state index contributed by atoms with van der Waals surface area (Å²) in [5, 5.41) is 0.806. The van der Waals surface area contributed by atoms with Gasteiger partial charge >= 0.3 is 5.97 Å². The number of hydrogen-bond acceptors (Lipinski definition) is 7. The maximum Gasteiger partial charge on any atom is 0.331 e. The first-order valence-corrected chi connectivity index (χ1v) is 8.06. The van der Waals surface area contributed by atoms with Gasteiger partial charge in [-0.2, -0.15) is 0 Å². The van der Waals surface area contributed by atoms with Gasteiger partial charge < -0.3 is 9.64 Å². The number of fused-ring (bicyclic) bond motifs is 1. The molecule has 0 aliphatic carbocycles. The number of β-lactam (4-membered cyclic amide) rings is 1. The Labute approximate surface area is 125 Å². The largest absolute Gasteiger partial charge is 0.448 e. The number of halogens is 1. The molecule has 7 nitrogen and oxygen atoms in total. The van der Waals surface area contributed by atoms with Crippen molar-refractivity contribution in [2.45, 2.75) is 36.1 Å². The average Bonchev–Trinajstić information content (AvgIpc) is 2.49. The van der Waals surface area contributed by atoms with Crippen LogP contribution in [0, 0.1) is 0 Å². The van der Waals surface area contributed by atoms with Gasteiger partial charge in [0.2, 0.25) is 0 Å². The fraction of sp³-hybridized carbons (Fsp3) is 0.700. The third-order valence-electron chi connectivity index (χ3n) is 3.65. The minimum atomic E-state index is -3.80. The predicted molar refractivity (Wildman–Crippen MR) is 73.0 cm³/mol. The topological polar surface area (TPSA) is 93.1 Å². The molecule has 2 heterocycles. The van der Waals surface area contributed by atoms with Gasteiger partial charge in [-0.05, 0) is 26.1 Å². The molecule has 0 aromatic rings. The number of carbonyl (C=O) groups excluding carboxylic acids is 2. The summed E-state index contributed by atoms with van der Waals surface area (Å²) in [7, 11) is -3.80. The summed E-state index contributed by atoms with van der Waals surface area (Å²) in [5.74, 6) is -1.44. The lowest BCUT2D eigenvalue weighted by Crippen LogP contribution is -2.66. The van der Waals surface area contributed by atoms with Gasteiger partial charge in [0.25, 0.3) is 5.91 Å². The third kappa shape index (κ3) is 1.74. The van der Waals surface area contributed by atoms with Crippen molar-refractivity contribution in [2.24, 2.45) is 4.99 Å². The summed E-state index contributed by atoms with van der Waals surface area (Å²) in [6.45, 7) is 2.73. The lowest BCUT2D eigenvalue weighted by atomic mass is 9.96. The number of aliphatic imine (C=N–C) groups is 1. The highest BCUT2D eigenvalue weighted by Crippen LogP contribution is 2.47. The number of esters is 1. The average molecular weight is 339 g/mol. The van der Waals surface area contributed by atoms with E-state index >= 15 is 0 Å². The number of hydrogen-bond donors (Lipinski definition) is 0. The van der Waals surface area contributed by atoms with E-state index < -0.39 is 50.0 Å². The number of sulfone groups is 1. The highest BCUT2D eigenvalue weighted by atomic mass is 35.5. The monoisotopic (exact) mass is 338 g/mol. The van der Waals surface area contributed by atoms with Gasteiger partial charge in [-0.3, -0.25) is 4.79 Å². The lowest BCUT2D eigenvalue weighted by molar-refractivity contribution is -0.161. The Kier molecular flexibility index (Phi) is 3.66. The van der Waals surface area contributed by atoms with Crippen molar-refractivity contribution in [2.75, 3.05) is 6.07 Å². The molecule has 0 aromatic carbocycles. The van der Waals surface area contributed by atoms with E-state index in [1.165, 1.54) is 13.8 Å². The van der Waals surface area contributed by atoms with Crippen molar-refractivity contribution in [1.29, 1.82) is 0 Å². The zero-order valence-corrected chi connectivity index (χ0v) is 13.0. The molecule has 1 amide bonds. The van der Waals surface area contributed by atoms with Crippen LogP contribution in [0.25, 0.3) is 0 Å². The molecular weight excluding hydrogens is 328 g/mol. The number of ether oxygens (including phenoxy) is 1. The van der Waals surface area contributed by atoms with Crippen LogP contribution in [0.2, 0.25) is 0 Å². The third-order valence-corrected chi connectivity index (χ3v) is 6.68. The number of alkyl halides is 1. The van der Waals surface area contributed by atoms with Crippen molar-refractivity contribution in [3.8, 4) is 0 Å². The molecule has 0 bridgehead atoms. The van der Waals surface area contributed by atoms with E-state index in [1.54, 1.807) is 0 Å². The zero-order valence-electron chi connectivity index (χ0n) is 10.6. The summed E-state index contributed by atoms with van der Waals surface area (Å²) >= 11 is 9.72. The summed E-state index contributed by atoms with van der Waals surface area (Å²) in [6.07, 6.45) is 0. The number of thiocarbonyl (C=S) groups is 1. The van der Waals surface area contributed by atoms with Crippen LogP contribution in [0.1, 0.15) is 13.8 Å². The van der Waals surface area contributed by atoms with Crippen LogP contribution >= 0.6 is 23.8 Å². The van der Waals surface area contributed by atoms with Crippen molar-refractivity contribution in [3.63, 3.8) is 0 Å². The van der Waals surface area contributed by atoms with Crippen molar-refractivity contribution in [3.05, 3.63) is 0 Å². The Morgan fingerprint density at radius 3 is 2.70 bits per heavy atom. The highest BCUT2D eigenvalue weighted by Gasteiger charge is 2.72. The Morgan fingerprint density at radius 1 is 1.60 bits per heavy atom. The second kappa shape index (κ2) is 4.77. The van der Waals surface area contributed by atoms with Gasteiger partial charge in [0.05, 0.1) is 5.16 Å². The number of amides is 1. The molecular formula is C10H11ClN2O5S2. The molecule has 0 spiro atoms. The summed E-state index contributed by atoms with van der Waals surface area (Å²) in [4.78, 5) is 28.4. The molecule has 2 fully saturated rings. The maximum absolute atomic E-state index is 12.5. The van der Waals surface area contributed by atoms with Gasteiger partial charge in [-0.25, -0.2) is 18.2 Å². The van der Waals surface area contributed by atoms with E-state index in [0.29, 0.717) is 0 Å². The van der Waals surface area contributed by atoms with Crippen molar-refractivity contribution in [1.82, 2.24) is 4.90 Å². The lowest BCUT2D eigenvalue weighted by Gasteiger charge is -2.40. The molecule has 10 heteroatoms. The number of rotatable bonds is 3. The van der Waals surface area contributed by atoms with Crippen LogP contribution < -0.4 is 0 Å². The quantitative estimate of drug-likeness (QED) is 0.235. The molecule has 2 saturated heterocycles. The standard InChI is InChI=1S/C10H11ClN2O5S2/c1-10(2)6(9(15)18-3-11)13-7(14)5(12-4-19)8(13)20(10,16)17/h5-6,8H,3H2,1-2H3/t5-,6+,8-/m1/s1. The Balaban J connectivity index is 2.50. The SMILES string of the molecule is CC1(C)[C@H](C(=O)OCCl)N2C(=O)[C@@H](N=C=S)[C@H]2S1(=O)=O. The van der Waals surface area contributed by atoms with Gasteiger partial charge in [0.1, 0.15) is 10.8 Å². The van der Waals surface area contributed by atoms with E-state index in [9.17, 15) is 18.0 Å². The smallest absolute Gasteiger partial charge is 0.331 e. The van der Waals surface area contributed by atoms with Crippen LogP contribution in [0.5, 0.6) is 0 Å². The summed E-state index contributed by atoms with van der Waals surface area (Å²) in [5.41, 5.74) is 0. The predicted octanol–water partition coefficient (Wildman–Crippen LogP) is -0.0588. The molecule has 2 aliphatic heterocycles. The molecule has 0 radical (unpaired) electrons. The van der Waals surface area contributed by atoms with Gasteiger partial charge in [0, 0.05) is 0 Å². The fourth-order valence-corrected chi connectivity index (χ4v) is 4.98. The van der Waals surface area contributed by atoms with Crippen LogP contribution in [0.15, 0.2) is 4.99 Å². The fourth-order valence-electron chi connectivity index (χ4n) is 2.57. The van der Waals surface area contributed by atoms with Crippen LogP contribution in [0.4, 0.5) is 0 Å². The van der Waals surface area contributed by atoms with Gasteiger partial charge in [0.15, 0.2) is 27.3 Å². The second-order valence-corrected chi connectivity index (χ2v) is 7.95. The first kappa shape index (κ1) is 15.4. The van der Waals surface area contributed by atoms with Crippen LogP contribution in [-0.4, -0.2) is 58.6 Å². The molecule has 3 atom stereocenters. The molecule has 110 valence electrons. The van der Waals surface area contributed by atoms with Crippen LogP contribution in [0.3, 0.4) is 0 Å². The van der Waals surface area contributed by atoms with E-state index in [0.717, 1.165) is 4.90 Å². The van der Waals surface area contributed by atoms with E-state index in [-0.39, 0.29) is 0 Å². The second-order valence-electron chi connectivity index (χ2n) is 4.92. The summed E-state index contributed by atoms with van der Waals surface area (Å²) in [6, 6.07) is -2.79. The first-order valence-electron chi connectivity index (χ1n) is 5.57. The Morgan fingerprint density at radius 2 is 2.20 bits per heavy atom. The minimum absolute atomic E-state index is 0.417. The number of nitrogens with zero attached hydrogens (tertiary/aromatic N) is 2. The number of isothiocyanates is 1. The maximum atomic E-state index is 12.5.